The van der Waals surface area contributed by atoms with Gasteiger partial charge in [0.05, 0.1) is 5.69 Å². The fourth-order valence-electron chi connectivity index (χ4n) is 1.84. The molecule has 1 rings (SSSR count). The molecule has 0 aromatic heterocycles. The van der Waals surface area contributed by atoms with Crippen molar-refractivity contribution in [3.8, 4) is 0 Å². The Bertz CT molecular complexity index is 420. The van der Waals surface area contributed by atoms with Gasteiger partial charge in [-0.1, -0.05) is 25.5 Å². The van der Waals surface area contributed by atoms with E-state index in [9.17, 15) is 4.39 Å². The van der Waals surface area contributed by atoms with Gasteiger partial charge in [0, 0.05) is 26.7 Å². The zero-order valence-electron chi connectivity index (χ0n) is 12.4. The van der Waals surface area contributed by atoms with Gasteiger partial charge in [-0.25, -0.2) is 4.39 Å². The molecular formula is C15H25FN4. The van der Waals surface area contributed by atoms with Gasteiger partial charge in [0.2, 0.25) is 0 Å². The third-order valence-corrected chi connectivity index (χ3v) is 3.03. The van der Waals surface area contributed by atoms with Crippen molar-refractivity contribution >= 4 is 11.6 Å². The Morgan fingerprint density at radius 2 is 2.10 bits per heavy atom. The molecule has 0 aliphatic rings. The molecule has 0 unspecified atom stereocenters. The molecule has 0 bridgehead atoms. The van der Waals surface area contributed by atoms with Crippen LogP contribution in [0.15, 0.2) is 29.3 Å². The van der Waals surface area contributed by atoms with Gasteiger partial charge in [-0.05, 0) is 25.0 Å². The summed E-state index contributed by atoms with van der Waals surface area (Å²) in [4.78, 5) is 6.14. The normalized spacial score (nSPS) is 11.4. The number of anilines is 1. The van der Waals surface area contributed by atoms with E-state index >= 15 is 0 Å². The molecule has 3 N–H and O–H groups in total. The molecule has 1 aromatic rings. The highest BCUT2D eigenvalue weighted by Gasteiger charge is 2.05. The van der Waals surface area contributed by atoms with Crippen LogP contribution >= 0.6 is 0 Å². The van der Waals surface area contributed by atoms with Gasteiger partial charge < -0.3 is 16.0 Å². The molecule has 0 saturated carbocycles. The topological polar surface area (TPSA) is 53.6 Å². The molecule has 0 fully saturated rings. The third-order valence-electron chi connectivity index (χ3n) is 3.03. The Kier molecular flexibility index (Phi) is 7.47. The fraction of sp³-hybridized carbons (Fsp3) is 0.533. The zero-order chi connectivity index (χ0) is 14.8. The predicted octanol–water partition coefficient (Wildman–Crippen LogP) is 2.36. The Balaban J connectivity index is 2.27. The number of hydrogen-bond donors (Lipinski definition) is 2. The van der Waals surface area contributed by atoms with Crippen molar-refractivity contribution in [1.29, 1.82) is 0 Å². The molecular weight excluding hydrogens is 255 g/mol. The molecule has 0 aliphatic carbocycles. The molecule has 0 atom stereocenters. The van der Waals surface area contributed by atoms with E-state index in [1.165, 1.54) is 6.07 Å². The molecule has 1 aromatic carbocycles. The lowest BCUT2D eigenvalue weighted by Crippen LogP contribution is -2.32. The van der Waals surface area contributed by atoms with E-state index < -0.39 is 0 Å². The monoisotopic (exact) mass is 280 g/mol. The van der Waals surface area contributed by atoms with Gasteiger partial charge in [-0.15, -0.1) is 0 Å². The second kappa shape index (κ2) is 9.18. The van der Waals surface area contributed by atoms with E-state index in [1.807, 2.05) is 18.0 Å². The maximum absolute atomic E-state index is 13.6. The van der Waals surface area contributed by atoms with E-state index in [0.29, 0.717) is 18.2 Å². The summed E-state index contributed by atoms with van der Waals surface area (Å²) >= 11 is 0. The van der Waals surface area contributed by atoms with Crippen molar-refractivity contribution in [3.05, 3.63) is 30.1 Å². The number of rotatable bonds is 8. The molecule has 0 spiro atoms. The first-order chi connectivity index (χ1) is 9.65. The van der Waals surface area contributed by atoms with E-state index in [-0.39, 0.29) is 5.82 Å². The van der Waals surface area contributed by atoms with Crippen LogP contribution in [0, 0.1) is 5.82 Å². The minimum absolute atomic E-state index is 0.195. The van der Waals surface area contributed by atoms with Crippen molar-refractivity contribution in [2.24, 2.45) is 10.7 Å². The fourth-order valence-corrected chi connectivity index (χ4v) is 1.84. The molecule has 112 valence electrons. The quantitative estimate of drug-likeness (QED) is 0.436. The van der Waals surface area contributed by atoms with Gasteiger partial charge in [0.15, 0.2) is 5.96 Å². The van der Waals surface area contributed by atoms with Gasteiger partial charge in [-0.2, -0.15) is 0 Å². The summed E-state index contributed by atoms with van der Waals surface area (Å²) in [7, 11) is 1.88. The van der Waals surface area contributed by atoms with E-state index in [0.717, 1.165) is 32.4 Å². The Morgan fingerprint density at radius 1 is 1.35 bits per heavy atom. The molecule has 0 radical (unpaired) electrons. The zero-order valence-corrected chi connectivity index (χ0v) is 12.4. The summed E-state index contributed by atoms with van der Waals surface area (Å²) in [6, 6.07) is 6.78. The van der Waals surface area contributed by atoms with Crippen LogP contribution in [-0.4, -0.2) is 32.6 Å². The minimum atomic E-state index is -0.195. The summed E-state index contributed by atoms with van der Waals surface area (Å²) in [5, 5.41) is 3.07. The smallest absolute Gasteiger partial charge is 0.188 e. The summed E-state index contributed by atoms with van der Waals surface area (Å²) in [5.41, 5.74) is 6.35. The Labute approximate surface area is 120 Å². The maximum Gasteiger partial charge on any atom is 0.188 e. The highest BCUT2D eigenvalue weighted by molar-refractivity contribution is 5.77. The van der Waals surface area contributed by atoms with Crippen LogP contribution in [0.4, 0.5) is 10.1 Å². The first-order valence-corrected chi connectivity index (χ1v) is 7.14. The largest absolute Gasteiger partial charge is 0.372 e. The summed E-state index contributed by atoms with van der Waals surface area (Å²) < 4.78 is 13.6. The van der Waals surface area contributed by atoms with Gasteiger partial charge >= 0.3 is 0 Å². The average molecular weight is 280 g/mol. The summed E-state index contributed by atoms with van der Waals surface area (Å²) in [5.74, 6) is 0.297. The molecule has 4 nitrogen and oxygen atoms in total. The van der Waals surface area contributed by atoms with Crippen molar-refractivity contribution in [3.63, 3.8) is 0 Å². The molecule has 20 heavy (non-hydrogen) atoms. The highest BCUT2D eigenvalue weighted by Crippen LogP contribution is 2.16. The van der Waals surface area contributed by atoms with Crippen LogP contribution in [-0.2, 0) is 0 Å². The second-order valence-electron chi connectivity index (χ2n) is 4.77. The van der Waals surface area contributed by atoms with Gasteiger partial charge in [0.1, 0.15) is 5.82 Å². The number of para-hydroxylation sites is 1. The molecule has 5 heteroatoms. The summed E-state index contributed by atoms with van der Waals surface area (Å²) in [6.45, 7) is 4.38. The van der Waals surface area contributed by atoms with Crippen LogP contribution in [0.5, 0.6) is 0 Å². The number of benzene rings is 1. The Hall–Kier alpha value is -1.78. The van der Waals surface area contributed by atoms with E-state index in [2.05, 4.69) is 17.2 Å². The lowest BCUT2D eigenvalue weighted by Gasteiger charge is -2.19. The number of nitrogens with zero attached hydrogens (tertiary/aromatic N) is 2. The maximum atomic E-state index is 13.6. The summed E-state index contributed by atoms with van der Waals surface area (Å²) in [6.07, 6.45) is 3.06. The van der Waals surface area contributed by atoms with Crippen molar-refractivity contribution in [2.75, 3.05) is 31.6 Å². The number of nitrogens with two attached hydrogens (primary N) is 1. The predicted molar refractivity (Wildman–Crippen MR) is 83.7 cm³/mol. The van der Waals surface area contributed by atoms with Gasteiger partial charge in [-0.3, -0.25) is 4.99 Å². The molecule has 0 saturated heterocycles. The van der Waals surface area contributed by atoms with Crippen LogP contribution in [0.3, 0.4) is 0 Å². The molecule has 0 aliphatic heterocycles. The van der Waals surface area contributed by atoms with E-state index in [4.69, 9.17) is 5.73 Å². The van der Waals surface area contributed by atoms with Crippen molar-refractivity contribution in [1.82, 2.24) is 5.32 Å². The van der Waals surface area contributed by atoms with E-state index in [1.54, 1.807) is 12.1 Å². The highest BCUT2D eigenvalue weighted by atomic mass is 19.1. The second-order valence-corrected chi connectivity index (χ2v) is 4.77. The van der Waals surface area contributed by atoms with Crippen molar-refractivity contribution in [2.45, 2.75) is 26.2 Å². The standard InChI is InChI=1S/C15H25FN4/c1-3-4-10-18-15(17)19-11-7-12-20(2)14-9-6-5-8-13(14)16/h5-6,8-9H,3-4,7,10-12H2,1-2H3,(H3,17,18,19). The first-order valence-electron chi connectivity index (χ1n) is 7.14. The Morgan fingerprint density at radius 3 is 2.80 bits per heavy atom. The van der Waals surface area contributed by atoms with Crippen LogP contribution in [0.25, 0.3) is 0 Å². The first kappa shape index (κ1) is 16.3. The lowest BCUT2D eigenvalue weighted by atomic mass is 10.2. The number of guanidine groups is 1. The van der Waals surface area contributed by atoms with Gasteiger partial charge in [0.25, 0.3) is 0 Å². The third kappa shape index (κ3) is 5.91. The molecule has 0 amide bonds. The van der Waals surface area contributed by atoms with Crippen LogP contribution in [0.1, 0.15) is 26.2 Å². The van der Waals surface area contributed by atoms with Crippen LogP contribution in [0.2, 0.25) is 0 Å². The SMILES string of the molecule is CCCCNC(N)=NCCCN(C)c1ccccc1F. The number of aliphatic imine (C=N–C) groups is 1. The average Bonchev–Trinajstić information content (AvgIpc) is 2.44. The molecule has 0 heterocycles. The minimum Gasteiger partial charge on any atom is -0.372 e. The van der Waals surface area contributed by atoms with Crippen molar-refractivity contribution < 1.29 is 4.39 Å². The lowest BCUT2D eigenvalue weighted by molar-refractivity contribution is 0.620. The van der Waals surface area contributed by atoms with Crippen LogP contribution < -0.4 is 16.0 Å². The number of unbranched alkanes of at least 4 members (excludes halogenated alkanes) is 1. The number of nitrogens with one attached hydrogen (secondary N) is 1. The number of halogens is 1. The number of hydrogen-bond acceptors (Lipinski definition) is 2.